The van der Waals surface area contributed by atoms with Crippen LogP contribution >= 0.6 is 0 Å². The van der Waals surface area contributed by atoms with E-state index >= 15 is 0 Å². The highest BCUT2D eigenvalue weighted by Gasteiger charge is 2.24. The number of aromatic amines is 1. The van der Waals surface area contributed by atoms with Crippen LogP contribution in [0.2, 0.25) is 0 Å². The number of amides is 1. The first-order valence-electron chi connectivity index (χ1n) is 6.21. The van der Waals surface area contributed by atoms with E-state index in [9.17, 15) is 9.18 Å². The number of fused-ring (bicyclic) bond motifs is 1. The van der Waals surface area contributed by atoms with Crippen LogP contribution < -0.4 is 0 Å². The first kappa shape index (κ1) is 11.9. The van der Waals surface area contributed by atoms with E-state index in [2.05, 4.69) is 10.2 Å². The summed E-state index contributed by atoms with van der Waals surface area (Å²) in [6, 6.07) is 4.31. The minimum Gasteiger partial charge on any atom is -0.334 e. The Bertz CT molecular complexity index is 635. The predicted octanol–water partition coefficient (Wildman–Crippen LogP) is 2.06. The van der Waals surface area contributed by atoms with Crippen molar-refractivity contribution in [2.24, 2.45) is 0 Å². The maximum absolute atomic E-state index is 13.3. The van der Waals surface area contributed by atoms with Crippen LogP contribution in [0.25, 0.3) is 0 Å². The Balaban J connectivity index is 1.87. The topological polar surface area (TPSA) is 49.0 Å². The second kappa shape index (κ2) is 4.50. The van der Waals surface area contributed by atoms with Crippen molar-refractivity contribution in [1.29, 1.82) is 0 Å². The summed E-state index contributed by atoms with van der Waals surface area (Å²) in [4.78, 5) is 14.2. The van der Waals surface area contributed by atoms with Crippen molar-refractivity contribution in [3.8, 4) is 0 Å². The number of nitrogens with zero attached hydrogens (tertiary/aromatic N) is 2. The Hall–Kier alpha value is -2.17. The normalized spacial score (nSPS) is 14.3. The third-order valence-corrected chi connectivity index (χ3v) is 3.52. The van der Waals surface area contributed by atoms with Crippen LogP contribution in [0.4, 0.5) is 4.39 Å². The van der Waals surface area contributed by atoms with Gasteiger partial charge in [-0.3, -0.25) is 9.89 Å². The molecule has 0 saturated carbocycles. The molecule has 0 radical (unpaired) electrons. The van der Waals surface area contributed by atoms with Gasteiger partial charge in [-0.25, -0.2) is 4.39 Å². The van der Waals surface area contributed by atoms with E-state index in [4.69, 9.17) is 0 Å². The van der Waals surface area contributed by atoms with Gasteiger partial charge in [0.15, 0.2) is 0 Å². The minimum atomic E-state index is -0.380. The maximum atomic E-state index is 13.3. The average Bonchev–Trinajstić information content (AvgIpc) is 2.88. The molecular formula is C14H14FN3O. The fraction of sp³-hybridized carbons (Fsp3) is 0.286. The van der Waals surface area contributed by atoms with Gasteiger partial charge in [-0.15, -0.1) is 0 Å². The van der Waals surface area contributed by atoms with Crippen molar-refractivity contribution >= 4 is 5.91 Å². The molecule has 0 fully saturated rings. The number of benzene rings is 1. The molecule has 1 amide bonds. The fourth-order valence-corrected chi connectivity index (χ4v) is 2.39. The average molecular weight is 259 g/mol. The lowest BCUT2D eigenvalue weighted by molar-refractivity contribution is 0.0733. The summed E-state index contributed by atoms with van der Waals surface area (Å²) in [5.74, 6) is -0.501. The monoisotopic (exact) mass is 259 g/mol. The molecule has 5 heteroatoms. The Labute approximate surface area is 110 Å². The molecular weight excluding hydrogens is 245 g/mol. The van der Waals surface area contributed by atoms with Crippen LogP contribution in [0.3, 0.4) is 0 Å². The van der Waals surface area contributed by atoms with E-state index < -0.39 is 0 Å². The molecule has 0 spiro atoms. The lowest BCUT2D eigenvalue weighted by atomic mass is 10.0. The van der Waals surface area contributed by atoms with Crippen molar-refractivity contribution in [3.05, 3.63) is 52.6 Å². The van der Waals surface area contributed by atoms with Gasteiger partial charge in [0.25, 0.3) is 5.91 Å². The third-order valence-electron chi connectivity index (χ3n) is 3.52. The van der Waals surface area contributed by atoms with Crippen molar-refractivity contribution in [1.82, 2.24) is 15.1 Å². The molecule has 4 nitrogen and oxygen atoms in total. The van der Waals surface area contributed by atoms with Crippen LogP contribution in [-0.4, -0.2) is 27.5 Å². The van der Waals surface area contributed by atoms with Gasteiger partial charge in [0, 0.05) is 36.3 Å². The summed E-state index contributed by atoms with van der Waals surface area (Å²) in [5, 5.41) is 6.91. The first-order valence-corrected chi connectivity index (χ1v) is 6.21. The summed E-state index contributed by atoms with van der Waals surface area (Å²) in [5.41, 5.74) is 3.35. The number of aromatic nitrogens is 2. The molecule has 0 bridgehead atoms. The van der Waals surface area contributed by atoms with Gasteiger partial charge in [0.2, 0.25) is 0 Å². The summed E-state index contributed by atoms with van der Waals surface area (Å²) < 4.78 is 13.3. The van der Waals surface area contributed by atoms with Crippen molar-refractivity contribution in [3.63, 3.8) is 0 Å². The van der Waals surface area contributed by atoms with E-state index in [0.717, 1.165) is 23.2 Å². The van der Waals surface area contributed by atoms with Crippen molar-refractivity contribution < 1.29 is 9.18 Å². The van der Waals surface area contributed by atoms with Gasteiger partial charge < -0.3 is 4.90 Å². The second-order valence-electron chi connectivity index (χ2n) is 4.81. The molecule has 0 saturated heterocycles. The number of carbonyl (C=O) groups excluding carboxylic acids is 1. The number of carbonyl (C=O) groups is 1. The lowest BCUT2D eigenvalue weighted by Gasteiger charge is -2.27. The Kier molecular flexibility index (Phi) is 2.81. The molecule has 0 aliphatic carbocycles. The molecule has 1 aliphatic heterocycles. The fourth-order valence-electron chi connectivity index (χ4n) is 2.39. The Morgan fingerprint density at radius 1 is 1.47 bits per heavy atom. The number of H-pyrrole nitrogens is 1. The van der Waals surface area contributed by atoms with Crippen LogP contribution in [0.1, 0.15) is 27.2 Å². The minimum absolute atomic E-state index is 0.121. The molecule has 19 heavy (non-hydrogen) atoms. The zero-order valence-corrected chi connectivity index (χ0v) is 10.6. The molecule has 98 valence electrons. The van der Waals surface area contributed by atoms with E-state index in [1.165, 1.54) is 12.1 Å². The van der Waals surface area contributed by atoms with Crippen molar-refractivity contribution in [2.75, 3.05) is 6.54 Å². The van der Waals surface area contributed by atoms with Crippen LogP contribution in [0, 0.1) is 12.7 Å². The predicted molar refractivity (Wildman–Crippen MR) is 68.2 cm³/mol. The lowest BCUT2D eigenvalue weighted by Crippen LogP contribution is -2.36. The second-order valence-corrected chi connectivity index (χ2v) is 4.81. The van der Waals surface area contributed by atoms with Gasteiger partial charge in [0.1, 0.15) is 5.82 Å². The van der Waals surface area contributed by atoms with Gasteiger partial charge >= 0.3 is 0 Å². The zero-order chi connectivity index (χ0) is 13.4. The number of nitrogens with one attached hydrogen (secondary N) is 1. The van der Waals surface area contributed by atoms with Gasteiger partial charge in [-0.05, 0) is 24.6 Å². The van der Waals surface area contributed by atoms with Gasteiger partial charge in [0.05, 0.1) is 6.20 Å². The largest absolute Gasteiger partial charge is 0.334 e. The van der Waals surface area contributed by atoms with E-state index in [-0.39, 0.29) is 11.7 Å². The van der Waals surface area contributed by atoms with Gasteiger partial charge in [-0.1, -0.05) is 6.07 Å². The number of rotatable bonds is 1. The van der Waals surface area contributed by atoms with E-state index in [1.54, 1.807) is 17.2 Å². The SMILES string of the molecule is Cc1ccc(F)cc1C(=O)N1CCc2[nH]ncc2C1. The molecule has 1 aromatic carbocycles. The summed E-state index contributed by atoms with van der Waals surface area (Å²) in [7, 11) is 0. The van der Waals surface area contributed by atoms with Crippen molar-refractivity contribution in [2.45, 2.75) is 19.9 Å². The van der Waals surface area contributed by atoms with E-state index in [0.29, 0.717) is 18.7 Å². The highest BCUT2D eigenvalue weighted by atomic mass is 19.1. The molecule has 1 aliphatic rings. The standard InChI is InChI=1S/C14H14FN3O/c1-9-2-3-11(15)6-12(9)14(19)18-5-4-13-10(8-18)7-16-17-13/h2-3,6-7H,4-5,8H2,1H3,(H,16,17). The highest BCUT2D eigenvalue weighted by molar-refractivity contribution is 5.95. The molecule has 0 unspecified atom stereocenters. The maximum Gasteiger partial charge on any atom is 0.254 e. The Morgan fingerprint density at radius 3 is 3.16 bits per heavy atom. The summed E-state index contributed by atoms with van der Waals surface area (Å²) in [6.45, 7) is 2.98. The molecule has 2 aromatic rings. The highest BCUT2D eigenvalue weighted by Crippen LogP contribution is 2.20. The van der Waals surface area contributed by atoms with Crippen LogP contribution in [-0.2, 0) is 13.0 Å². The third kappa shape index (κ3) is 2.12. The van der Waals surface area contributed by atoms with Gasteiger partial charge in [-0.2, -0.15) is 5.10 Å². The quantitative estimate of drug-likeness (QED) is 0.852. The molecule has 2 heterocycles. The number of aryl methyl sites for hydroxylation is 1. The Morgan fingerprint density at radius 2 is 2.32 bits per heavy atom. The smallest absolute Gasteiger partial charge is 0.254 e. The first-order chi connectivity index (χ1) is 9.15. The number of hydrogen-bond acceptors (Lipinski definition) is 2. The van der Waals surface area contributed by atoms with E-state index in [1.807, 2.05) is 6.92 Å². The summed E-state index contributed by atoms with van der Waals surface area (Å²) in [6.07, 6.45) is 2.50. The summed E-state index contributed by atoms with van der Waals surface area (Å²) >= 11 is 0. The number of hydrogen-bond donors (Lipinski definition) is 1. The molecule has 3 rings (SSSR count). The van der Waals surface area contributed by atoms with Crippen LogP contribution in [0.5, 0.6) is 0 Å². The molecule has 0 atom stereocenters. The zero-order valence-electron chi connectivity index (χ0n) is 10.6. The number of halogens is 1. The molecule has 1 N–H and O–H groups in total. The molecule has 1 aromatic heterocycles. The van der Waals surface area contributed by atoms with Crippen LogP contribution in [0.15, 0.2) is 24.4 Å².